The molecule has 1 fully saturated rings. The van der Waals surface area contributed by atoms with Crippen LogP contribution in [0.2, 0.25) is 0 Å². The van der Waals surface area contributed by atoms with Crippen LogP contribution in [0.3, 0.4) is 0 Å². The number of halogens is 3. The van der Waals surface area contributed by atoms with Gasteiger partial charge in [0, 0.05) is 11.5 Å². The molecule has 0 aliphatic carbocycles. The molecule has 28 heavy (non-hydrogen) atoms. The Morgan fingerprint density at radius 2 is 1.54 bits per heavy atom. The number of rotatable bonds is 4. The lowest BCUT2D eigenvalue weighted by atomic mass is 10.0. The lowest BCUT2D eigenvalue weighted by Crippen LogP contribution is -2.31. The normalized spacial score (nSPS) is 19.6. The van der Waals surface area contributed by atoms with Gasteiger partial charge in [0.1, 0.15) is 5.75 Å². The minimum Gasteiger partial charge on any atom is -0.406 e. The second kappa shape index (κ2) is 9.13. The quantitative estimate of drug-likeness (QED) is 0.655. The summed E-state index contributed by atoms with van der Waals surface area (Å²) < 4.78 is 51.8. The second-order valence-electron chi connectivity index (χ2n) is 6.57. The average molecular weight is 390 g/mol. The number of benzene rings is 2. The summed E-state index contributed by atoms with van der Waals surface area (Å²) in [6.45, 7) is 3.47. The van der Waals surface area contributed by atoms with E-state index < -0.39 is 12.7 Å². The van der Waals surface area contributed by atoms with E-state index in [1.165, 1.54) is 12.1 Å². The molecule has 0 bridgehead atoms. The molecule has 3 rings (SSSR count). The van der Waals surface area contributed by atoms with Crippen molar-refractivity contribution in [1.29, 1.82) is 0 Å². The van der Waals surface area contributed by atoms with Gasteiger partial charge in [-0.1, -0.05) is 43.5 Å². The van der Waals surface area contributed by atoms with Gasteiger partial charge >= 0.3 is 6.36 Å². The molecule has 2 aromatic rings. The van der Waals surface area contributed by atoms with Crippen LogP contribution in [0, 0.1) is 17.8 Å². The first kappa shape index (κ1) is 20.2. The fourth-order valence-electron chi connectivity index (χ4n) is 2.94. The summed E-state index contributed by atoms with van der Waals surface area (Å²) in [5, 5.41) is 0. The van der Waals surface area contributed by atoms with Gasteiger partial charge in [-0.2, -0.15) is 0 Å². The molecule has 0 aromatic heterocycles. The molecule has 0 saturated carbocycles. The Kier molecular flexibility index (Phi) is 6.61. The lowest BCUT2D eigenvalue weighted by molar-refractivity contribution is -0.274. The first-order chi connectivity index (χ1) is 13.4. The number of alkyl halides is 3. The molecule has 1 aliphatic heterocycles. The van der Waals surface area contributed by atoms with Crippen LogP contribution in [0.1, 0.15) is 25.3 Å². The third kappa shape index (κ3) is 6.01. The van der Waals surface area contributed by atoms with E-state index in [0.29, 0.717) is 19.1 Å². The fourth-order valence-corrected chi connectivity index (χ4v) is 2.94. The molecular formula is C22H21F3O3. The van der Waals surface area contributed by atoms with Crippen LogP contribution in [-0.2, 0) is 9.47 Å². The van der Waals surface area contributed by atoms with E-state index in [9.17, 15) is 13.2 Å². The van der Waals surface area contributed by atoms with E-state index in [2.05, 4.69) is 23.5 Å². The molecule has 148 valence electrons. The van der Waals surface area contributed by atoms with Crippen molar-refractivity contribution in [2.75, 3.05) is 13.2 Å². The van der Waals surface area contributed by atoms with Gasteiger partial charge in [0.15, 0.2) is 0 Å². The highest BCUT2D eigenvalue weighted by Gasteiger charge is 2.30. The highest BCUT2D eigenvalue weighted by Crippen LogP contribution is 2.26. The second-order valence-corrected chi connectivity index (χ2v) is 6.57. The fraction of sp³-hybridized carbons (Fsp3) is 0.364. The van der Waals surface area contributed by atoms with Gasteiger partial charge < -0.3 is 14.2 Å². The van der Waals surface area contributed by atoms with Crippen LogP contribution in [0.25, 0.3) is 11.1 Å². The molecule has 0 radical (unpaired) electrons. The van der Waals surface area contributed by atoms with E-state index in [4.69, 9.17) is 9.47 Å². The molecule has 0 N–H and O–H groups in total. The lowest BCUT2D eigenvalue weighted by Gasteiger charge is -2.26. The van der Waals surface area contributed by atoms with Gasteiger partial charge in [-0.3, -0.25) is 0 Å². The first-order valence-electron chi connectivity index (χ1n) is 9.14. The van der Waals surface area contributed by atoms with Crippen LogP contribution in [0.4, 0.5) is 13.2 Å². The summed E-state index contributed by atoms with van der Waals surface area (Å²) >= 11 is 0. The van der Waals surface area contributed by atoms with Crippen LogP contribution in [0.5, 0.6) is 5.75 Å². The van der Waals surface area contributed by atoms with Crippen molar-refractivity contribution in [3.05, 3.63) is 54.1 Å². The third-order valence-corrected chi connectivity index (χ3v) is 4.30. The highest BCUT2D eigenvalue weighted by atomic mass is 19.4. The van der Waals surface area contributed by atoms with Gasteiger partial charge in [0.2, 0.25) is 6.29 Å². The molecule has 6 heteroatoms. The summed E-state index contributed by atoms with van der Waals surface area (Å²) in [5.41, 5.74) is 2.47. The Morgan fingerprint density at radius 1 is 0.964 bits per heavy atom. The van der Waals surface area contributed by atoms with Gasteiger partial charge in [-0.15, -0.1) is 13.2 Å². The van der Waals surface area contributed by atoms with Gasteiger partial charge in [-0.25, -0.2) is 0 Å². The molecule has 0 spiro atoms. The standard InChI is InChI=1S/C22H21F3O3/c1-2-3-17-14-26-21(27-15-17)13-6-16-4-7-18(8-5-16)19-9-11-20(12-10-19)28-22(23,24)25/h4-5,7-12,17,21H,2-3,14-15H2,1H3. The minimum atomic E-state index is -4.69. The van der Waals surface area contributed by atoms with E-state index in [1.807, 2.05) is 24.3 Å². The van der Waals surface area contributed by atoms with Crippen molar-refractivity contribution in [2.45, 2.75) is 32.4 Å². The number of ether oxygens (including phenoxy) is 3. The predicted molar refractivity (Wildman–Crippen MR) is 99.5 cm³/mol. The molecule has 0 unspecified atom stereocenters. The molecule has 0 atom stereocenters. The zero-order valence-electron chi connectivity index (χ0n) is 15.5. The third-order valence-electron chi connectivity index (χ3n) is 4.30. The van der Waals surface area contributed by atoms with Crippen LogP contribution in [0.15, 0.2) is 48.5 Å². The van der Waals surface area contributed by atoms with Crippen molar-refractivity contribution in [2.24, 2.45) is 5.92 Å². The van der Waals surface area contributed by atoms with Gasteiger partial charge in [0.05, 0.1) is 13.2 Å². The maximum absolute atomic E-state index is 12.2. The first-order valence-corrected chi connectivity index (χ1v) is 9.14. The maximum atomic E-state index is 12.2. The summed E-state index contributed by atoms with van der Waals surface area (Å²) in [6, 6.07) is 13.2. The van der Waals surface area contributed by atoms with Crippen molar-refractivity contribution < 1.29 is 27.4 Å². The molecule has 1 saturated heterocycles. The summed E-state index contributed by atoms with van der Waals surface area (Å²) in [6.07, 6.45) is -3.00. The summed E-state index contributed by atoms with van der Waals surface area (Å²) in [7, 11) is 0. The van der Waals surface area contributed by atoms with Crippen molar-refractivity contribution >= 4 is 0 Å². The zero-order chi connectivity index (χ0) is 20.0. The molecule has 1 heterocycles. The SMILES string of the molecule is CCCC1COC(C#Cc2ccc(-c3ccc(OC(F)(F)F)cc3)cc2)OC1. The highest BCUT2D eigenvalue weighted by molar-refractivity contribution is 5.65. The maximum Gasteiger partial charge on any atom is 0.573 e. The van der Waals surface area contributed by atoms with E-state index in [1.54, 1.807) is 12.1 Å². The zero-order valence-corrected chi connectivity index (χ0v) is 15.5. The van der Waals surface area contributed by atoms with E-state index in [0.717, 1.165) is 29.5 Å². The summed E-state index contributed by atoms with van der Waals surface area (Å²) in [5.74, 6) is 6.20. The van der Waals surface area contributed by atoms with Crippen LogP contribution in [-0.4, -0.2) is 25.9 Å². The Labute approximate surface area is 162 Å². The largest absolute Gasteiger partial charge is 0.573 e. The van der Waals surface area contributed by atoms with E-state index in [-0.39, 0.29) is 5.75 Å². The van der Waals surface area contributed by atoms with Crippen molar-refractivity contribution in [1.82, 2.24) is 0 Å². The van der Waals surface area contributed by atoms with Crippen molar-refractivity contribution in [3.8, 4) is 28.7 Å². The molecular weight excluding hydrogens is 369 g/mol. The predicted octanol–water partition coefficient (Wildman–Crippen LogP) is 5.39. The van der Waals surface area contributed by atoms with Crippen LogP contribution >= 0.6 is 0 Å². The van der Waals surface area contributed by atoms with Gasteiger partial charge in [-0.05, 0) is 47.7 Å². The Hall–Kier alpha value is -2.49. The van der Waals surface area contributed by atoms with Crippen LogP contribution < -0.4 is 4.74 Å². The Balaban J connectivity index is 1.59. The average Bonchev–Trinajstić information content (AvgIpc) is 2.68. The molecule has 2 aromatic carbocycles. The Morgan fingerprint density at radius 3 is 2.07 bits per heavy atom. The van der Waals surface area contributed by atoms with Crippen molar-refractivity contribution in [3.63, 3.8) is 0 Å². The topological polar surface area (TPSA) is 27.7 Å². The molecule has 3 nitrogen and oxygen atoms in total. The monoisotopic (exact) mass is 390 g/mol. The number of hydrogen-bond donors (Lipinski definition) is 0. The van der Waals surface area contributed by atoms with E-state index >= 15 is 0 Å². The minimum absolute atomic E-state index is 0.243. The summed E-state index contributed by atoms with van der Waals surface area (Å²) in [4.78, 5) is 0. The number of hydrogen-bond acceptors (Lipinski definition) is 3. The Bertz CT molecular complexity index is 809. The molecule has 0 amide bonds. The smallest absolute Gasteiger partial charge is 0.406 e. The molecule has 1 aliphatic rings. The van der Waals surface area contributed by atoms with Gasteiger partial charge in [0.25, 0.3) is 0 Å².